The minimum atomic E-state index is -0.0912. The molecule has 0 bridgehead atoms. The number of rotatable bonds is 4. The number of aryl methyl sites for hydroxylation is 1. The van der Waals surface area contributed by atoms with Crippen molar-refractivity contribution >= 4 is 34.0 Å². The van der Waals surface area contributed by atoms with Crippen molar-refractivity contribution in [3.63, 3.8) is 0 Å². The molecule has 3 aromatic heterocycles. The van der Waals surface area contributed by atoms with Crippen molar-refractivity contribution in [2.75, 3.05) is 31.6 Å². The van der Waals surface area contributed by atoms with Crippen LogP contribution in [0, 0.1) is 6.92 Å². The molecule has 4 rings (SSSR count). The van der Waals surface area contributed by atoms with Crippen molar-refractivity contribution in [1.29, 1.82) is 0 Å². The van der Waals surface area contributed by atoms with Crippen molar-refractivity contribution < 1.29 is 9.53 Å². The minimum Gasteiger partial charge on any atom is -0.379 e. The monoisotopic (exact) mass is 384 g/mol. The highest BCUT2D eigenvalue weighted by molar-refractivity contribution is 7.14. The Labute approximate surface area is 160 Å². The first-order valence-corrected chi connectivity index (χ1v) is 9.59. The fraction of sp³-hybridized carbons (Fsp3) is 0.389. The number of nitrogens with zero attached hydrogens (tertiary/aromatic N) is 5. The van der Waals surface area contributed by atoms with Crippen molar-refractivity contribution in [3.8, 4) is 10.7 Å². The third-order valence-corrected chi connectivity index (χ3v) is 5.30. The molecule has 1 atom stereocenters. The molecule has 1 saturated heterocycles. The van der Waals surface area contributed by atoms with Gasteiger partial charge in [0.1, 0.15) is 16.5 Å². The molecule has 8 nitrogen and oxygen atoms in total. The topological polar surface area (TPSA) is 93.1 Å². The summed E-state index contributed by atoms with van der Waals surface area (Å²) < 4.78 is 5.41. The number of fused-ring (bicyclic) bond motifs is 1. The fourth-order valence-corrected chi connectivity index (χ4v) is 3.63. The molecule has 9 heteroatoms. The second kappa shape index (κ2) is 7.63. The van der Waals surface area contributed by atoms with Crippen LogP contribution in [0.1, 0.15) is 11.9 Å². The van der Waals surface area contributed by atoms with Gasteiger partial charge in [-0.2, -0.15) is 0 Å². The molecule has 0 spiro atoms. The van der Waals surface area contributed by atoms with E-state index in [0.29, 0.717) is 25.6 Å². The molecule has 1 aliphatic rings. The standard InChI is InChI=1S/C18H20N6O2S/c1-11-10-26-6-5-24(11)9-17(25)21-16-7-15-13(8-19-16)3-4-14(20-15)18-23-22-12(2)27-18/h3-4,7-8,11H,5-6,9-10H2,1-2H3,(H,19,21,25)/t11-/m1/s1. The minimum absolute atomic E-state index is 0.0912. The number of morpholine rings is 1. The molecule has 1 N–H and O–H groups in total. The third kappa shape index (κ3) is 4.10. The van der Waals surface area contributed by atoms with E-state index in [4.69, 9.17) is 4.74 Å². The number of amides is 1. The molecule has 0 aromatic carbocycles. The van der Waals surface area contributed by atoms with E-state index in [1.807, 2.05) is 19.1 Å². The number of hydrogen-bond donors (Lipinski definition) is 1. The molecule has 0 saturated carbocycles. The number of ether oxygens (including phenoxy) is 1. The summed E-state index contributed by atoms with van der Waals surface area (Å²) >= 11 is 1.50. The summed E-state index contributed by atoms with van der Waals surface area (Å²) in [4.78, 5) is 23.5. The van der Waals surface area contributed by atoms with Gasteiger partial charge in [-0.25, -0.2) is 9.97 Å². The van der Waals surface area contributed by atoms with Gasteiger partial charge in [0.2, 0.25) is 5.91 Å². The summed E-state index contributed by atoms with van der Waals surface area (Å²) in [6.45, 7) is 6.35. The molecule has 1 amide bonds. The van der Waals surface area contributed by atoms with Gasteiger partial charge in [0.15, 0.2) is 5.01 Å². The van der Waals surface area contributed by atoms with E-state index in [0.717, 1.165) is 33.2 Å². The van der Waals surface area contributed by atoms with Gasteiger partial charge in [-0.15, -0.1) is 10.2 Å². The van der Waals surface area contributed by atoms with E-state index in [1.54, 1.807) is 12.3 Å². The van der Waals surface area contributed by atoms with Crippen molar-refractivity contribution in [2.24, 2.45) is 0 Å². The van der Waals surface area contributed by atoms with Crippen molar-refractivity contribution in [1.82, 2.24) is 25.1 Å². The number of nitrogens with one attached hydrogen (secondary N) is 1. The summed E-state index contributed by atoms with van der Waals surface area (Å²) in [5.74, 6) is 0.401. The first-order valence-electron chi connectivity index (χ1n) is 8.77. The van der Waals surface area contributed by atoms with Gasteiger partial charge in [-0.3, -0.25) is 9.69 Å². The number of aromatic nitrogens is 4. The lowest BCUT2D eigenvalue weighted by Crippen LogP contribution is -2.47. The lowest BCUT2D eigenvalue weighted by Gasteiger charge is -2.32. The van der Waals surface area contributed by atoms with Crippen LogP contribution in [0.3, 0.4) is 0 Å². The van der Waals surface area contributed by atoms with Crippen LogP contribution in [-0.2, 0) is 9.53 Å². The molecular formula is C18H20N6O2S. The van der Waals surface area contributed by atoms with Crippen LogP contribution >= 0.6 is 11.3 Å². The average Bonchev–Trinajstić information content (AvgIpc) is 3.09. The van der Waals surface area contributed by atoms with E-state index in [1.165, 1.54) is 11.3 Å². The number of hydrogen-bond acceptors (Lipinski definition) is 8. The van der Waals surface area contributed by atoms with Gasteiger partial charge < -0.3 is 10.1 Å². The number of carbonyl (C=O) groups excluding carboxylic acids is 1. The first kappa shape index (κ1) is 17.9. The lowest BCUT2D eigenvalue weighted by molar-refractivity contribution is -0.119. The Morgan fingerprint density at radius 3 is 3.07 bits per heavy atom. The van der Waals surface area contributed by atoms with Crippen LogP contribution in [-0.4, -0.2) is 63.3 Å². The van der Waals surface area contributed by atoms with E-state index in [9.17, 15) is 4.79 Å². The zero-order chi connectivity index (χ0) is 18.8. The summed E-state index contributed by atoms with van der Waals surface area (Å²) in [6, 6.07) is 5.87. The molecular weight excluding hydrogens is 364 g/mol. The summed E-state index contributed by atoms with van der Waals surface area (Å²) in [7, 11) is 0. The van der Waals surface area contributed by atoms with Crippen LogP contribution in [0.2, 0.25) is 0 Å². The van der Waals surface area contributed by atoms with Gasteiger partial charge in [0, 0.05) is 30.2 Å². The predicted octanol–water partition coefficient (Wildman–Crippen LogP) is 2.12. The maximum Gasteiger partial charge on any atom is 0.239 e. The fourth-order valence-electron chi connectivity index (χ4n) is 2.97. The zero-order valence-corrected chi connectivity index (χ0v) is 16.0. The highest BCUT2D eigenvalue weighted by Gasteiger charge is 2.21. The van der Waals surface area contributed by atoms with Gasteiger partial charge in [-0.05, 0) is 26.0 Å². The maximum absolute atomic E-state index is 12.4. The van der Waals surface area contributed by atoms with Gasteiger partial charge in [-0.1, -0.05) is 11.3 Å². The number of carbonyl (C=O) groups is 1. The Balaban J connectivity index is 1.51. The Hall–Kier alpha value is -2.49. The lowest BCUT2D eigenvalue weighted by atomic mass is 10.2. The molecule has 1 aliphatic heterocycles. The highest BCUT2D eigenvalue weighted by Crippen LogP contribution is 2.24. The van der Waals surface area contributed by atoms with Gasteiger partial charge >= 0.3 is 0 Å². The van der Waals surface area contributed by atoms with Crippen LogP contribution in [0.15, 0.2) is 24.4 Å². The summed E-state index contributed by atoms with van der Waals surface area (Å²) in [5.41, 5.74) is 1.52. The van der Waals surface area contributed by atoms with Crippen molar-refractivity contribution in [2.45, 2.75) is 19.9 Å². The SMILES string of the molecule is Cc1nnc(-c2ccc3cnc(NC(=O)CN4CCOC[C@H]4C)cc3n2)s1. The largest absolute Gasteiger partial charge is 0.379 e. The molecule has 4 heterocycles. The Bertz CT molecular complexity index is 975. The highest BCUT2D eigenvalue weighted by atomic mass is 32.1. The molecule has 140 valence electrons. The smallest absolute Gasteiger partial charge is 0.239 e. The molecule has 0 unspecified atom stereocenters. The molecule has 27 heavy (non-hydrogen) atoms. The Morgan fingerprint density at radius 1 is 1.41 bits per heavy atom. The van der Waals surface area contributed by atoms with Crippen LogP contribution in [0.4, 0.5) is 5.82 Å². The quantitative estimate of drug-likeness (QED) is 0.736. The van der Waals surface area contributed by atoms with Crippen LogP contribution < -0.4 is 5.32 Å². The van der Waals surface area contributed by atoms with E-state index >= 15 is 0 Å². The van der Waals surface area contributed by atoms with Crippen LogP contribution in [0.25, 0.3) is 21.6 Å². The number of pyridine rings is 2. The average molecular weight is 384 g/mol. The predicted molar refractivity (Wildman–Crippen MR) is 104 cm³/mol. The molecule has 3 aromatic rings. The third-order valence-electron chi connectivity index (χ3n) is 4.44. The molecule has 1 fully saturated rings. The van der Waals surface area contributed by atoms with E-state index in [-0.39, 0.29) is 11.9 Å². The molecule has 0 radical (unpaired) electrons. The maximum atomic E-state index is 12.4. The van der Waals surface area contributed by atoms with E-state index in [2.05, 4.69) is 37.3 Å². The van der Waals surface area contributed by atoms with Crippen LogP contribution in [0.5, 0.6) is 0 Å². The van der Waals surface area contributed by atoms with Gasteiger partial charge in [0.05, 0.1) is 25.3 Å². The zero-order valence-electron chi connectivity index (χ0n) is 15.2. The normalized spacial score (nSPS) is 17.9. The van der Waals surface area contributed by atoms with Gasteiger partial charge in [0.25, 0.3) is 0 Å². The number of anilines is 1. The molecule has 0 aliphatic carbocycles. The summed E-state index contributed by atoms with van der Waals surface area (Å²) in [6.07, 6.45) is 1.71. The Morgan fingerprint density at radius 2 is 2.30 bits per heavy atom. The van der Waals surface area contributed by atoms with Crippen molar-refractivity contribution in [3.05, 3.63) is 29.4 Å². The second-order valence-electron chi connectivity index (χ2n) is 6.53. The summed E-state index contributed by atoms with van der Waals surface area (Å²) in [5, 5.41) is 13.6. The second-order valence-corrected chi connectivity index (χ2v) is 7.71. The Kier molecular flexibility index (Phi) is 5.06. The first-order chi connectivity index (χ1) is 13.1. The van der Waals surface area contributed by atoms with E-state index < -0.39 is 0 Å².